The van der Waals surface area contributed by atoms with Crippen LogP contribution in [0.2, 0.25) is 0 Å². The Hall–Kier alpha value is -3.14. The molecule has 2 aromatic rings. The van der Waals surface area contributed by atoms with Gasteiger partial charge in [0.05, 0.1) is 12.3 Å². The Balaban J connectivity index is 2.37. The zero-order valence-electron chi connectivity index (χ0n) is 16.6. The zero-order chi connectivity index (χ0) is 20.5. The van der Waals surface area contributed by atoms with E-state index in [-0.39, 0.29) is 17.1 Å². The van der Waals surface area contributed by atoms with Gasteiger partial charge in [0.2, 0.25) is 5.88 Å². The summed E-state index contributed by atoms with van der Waals surface area (Å²) in [4.78, 5) is 12.8. The van der Waals surface area contributed by atoms with Gasteiger partial charge >= 0.3 is 0 Å². The van der Waals surface area contributed by atoms with Crippen molar-refractivity contribution in [3.8, 4) is 17.7 Å². The molecule has 1 heterocycles. The molecule has 0 bridgehead atoms. The summed E-state index contributed by atoms with van der Waals surface area (Å²) in [5.41, 5.74) is 0.558. The minimum atomic E-state index is -0.444. The molecule has 0 fully saturated rings. The maximum Gasteiger partial charge on any atom is 0.281 e. The number of benzene rings is 1. The SMILES string of the molecule is CCCCCCn1c(O)c(C#N)c(C)c(N=Nc2ccc(OCC)cc2)c1=O. The number of ether oxygens (including phenoxy) is 1. The van der Waals surface area contributed by atoms with Crippen LogP contribution in [0.4, 0.5) is 11.4 Å². The fourth-order valence-corrected chi connectivity index (χ4v) is 2.84. The lowest BCUT2D eigenvalue weighted by Gasteiger charge is -2.12. The van der Waals surface area contributed by atoms with Crippen LogP contribution in [0.1, 0.15) is 50.7 Å². The fraction of sp³-hybridized carbons (Fsp3) is 0.429. The third-order valence-electron chi connectivity index (χ3n) is 4.42. The lowest BCUT2D eigenvalue weighted by Crippen LogP contribution is -2.22. The van der Waals surface area contributed by atoms with Crippen LogP contribution in [0.5, 0.6) is 11.6 Å². The molecule has 2 rings (SSSR count). The zero-order valence-corrected chi connectivity index (χ0v) is 16.6. The van der Waals surface area contributed by atoms with Crippen LogP contribution in [0.3, 0.4) is 0 Å². The highest BCUT2D eigenvalue weighted by Gasteiger charge is 2.18. The van der Waals surface area contributed by atoms with Gasteiger partial charge in [0.1, 0.15) is 17.4 Å². The number of hydrogen-bond acceptors (Lipinski definition) is 6. The highest BCUT2D eigenvalue weighted by atomic mass is 16.5. The summed E-state index contributed by atoms with van der Waals surface area (Å²) >= 11 is 0. The minimum absolute atomic E-state index is 0.0516. The molecule has 1 aromatic heterocycles. The van der Waals surface area contributed by atoms with Crippen LogP contribution < -0.4 is 10.3 Å². The average molecular weight is 382 g/mol. The predicted molar refractivity (Wildman–Crippen MR) is 108 cm³/mol. The van der Waals surface area contributed by atoms with E-state index in [4.69, 9.17) is 4.74 Å². The number of pyridine rings is 1. The molecule has 0 radical (unpaired) electrons. The van der Waals surface area contributed by atoms with Gasteiger partial charge in [-0.25, -0.2) is 0 Å². The first-order valence-electron chi connectivity index (χ1n) is 9.54. The molecule has 0 unspecified atom stereocenters. The third-order valence-corrected chi connectivity index (χ3v) is 4.42. The fourth-order valence-electron chi connectivity index (χ4n) is 2.84. The Morgan fingerprint density at radius 2 is 1.86 bits per heavy atom. The van der Waals surface area contributed by atoms with Crippen LogP contribution in [0.15, 0.2) is 39.3 Å². The van der Waals surface area contributed by atoms with Crippen molar-refractivity contribution in [3.63, 3.8) is 0 Å². The van der Waals surface area contributed by atoms with Gasteiger partial charge in [-0.05, 0) is 44.5 Å². The molecule has 0 atom stereocenters. The van der Waals surface area contributed by atoms with Gasteiger partial charge in [0.25, 0.3) is 5.56 Å². The summed E-state index contributed by atoms with van der Waals surface area (Å²) < 4.78 is 6.60. The first-order valence-corrected chi connectivity index (χ1v) is 9.54. The van der Waals surface area contributed by atoms with Crippen LogP contribution in [-0.4, -0.2) is 16.3 Å². The van der Waals surface area contributed by atoms with Crippen LogP contribution in [0.25, 0.3) is 0 Å². The number of azo groups is 1. The molecule has 0 amide bonds. The van der Waals surface area contributed by atoms with E-state index >= 15 is 0 Å². The van der Waals surface area contributed by atoms with E-state index in [1.807, 2.05) is 13.0 Å². The number of nitrogens with zero attached hydrogens (tertiary/aromatic N) is 4. The normalized spacial score (nSPS) is 10.9. The summed E-state index contributed by atoms with van der Waals surface area (Å²) in [6.07, 6.45) is 3.81. The van der Waals surface area contributed by atoms with Crippen molar-refractivity contribution in [2.75, 3.05) is 6.61 Å². The highest BCUT2D eigenvalue weighted by molar-refractivity contribution is 5.56. The molecule has 0 aliphatic carbocycles. The maximum atomic E-state index is 12.8. The molecule has 28 heavy (non-hydrogen) atoms. The number of nitriles is 1. The van der Waals surface area contributed by atoms with Gasteiger partial charge in [-0.1, -0.05) is 26.2 Å². The monoisotopic (exact) mass is 382 g/mol. The Bertz CT molecular complexity index is 925. The standard InChI is InChI=1S/C21H26N4O3/c1-4-6-7-8-13-25-20(26)18(14-22)15(3)19(21(25)27)24-23-16-9-11-17(12-10-16)28-5-2/h9-12,26H,4-8,13H2,1-3H3. The van der Waals surface area contributed by atoms with Crippen LogP contribution in [-0.2, 0) is 6.54 Å². The summed E-state index contributed by atoms with van der Waals surface area (Å²) in [5.74, 6) is 0.421. The molecular formula is C21H26N4O3. The van der Waals surface area contributed by atoms with E-state index in [1.165, 1.54) is 4.57 Å². The third kappa shape index (κ3) is 4.97. The smallest absolute Gasteiger partial charge is 0.281 e. The molecule has 0 saturated carbocycles. The van der Waals surface area contributed by atoms with E-state index in [1.54, 1.807) is 31.2 Å². The van der Waals surface area contributed by atoms with Gasteiger partial charge in [-0.3, -0.25) is 9.36 Å². The van der Waals surface area contributed by atoms with E-state index in [0.29, 0.717) is 24.4 Å². The van der Waals surface area contributed by atoms with E-state index in [9.17, 15) is 15.2 Å². The molecule has 7 nitrogen and oxygen atoms in total. The van der Waals surface area contributed by atoms with E-state index in [2.05, 4.69) is 17.2 Å². The number of rotatable bonds is 9. The number of unbranched alkanes of at least 4 members (excludes halogenated alkanes) is 3. The average Bonchev–Trinajstić information content (AvgIpc) is 2.69. The van der Waals surface area contributed by atoms with Gasteiger partial charge in [0.15, 0.2) is 5.69 Å². The minimum Gasteiger partial charge on any atom is -0.494 e. The number of aromatic hydroxyl groups is 1. The van der Waals surface area contributed by atoms with Crippen molar-refractivity contribution >= 4 is 11.4 Å². The Kier molecular flexibility index (Phi) is 7.76. The van der Waals surface area contributed by atoms with Crippen molar-refractivity contribution in [3.05, 3.63) is 45.7 Å². The van der Waals surface area contributed by atoms with E-state index < -0.39 is 5.56 Å². The summed E-state index contributed by atoms with van der Waals surface area (Å²) in [7, 11) is 0. The molecule has 7 heteroatoms. The molecule has 0 aliphatic heterocycles. The Labute approximate surface area is 164 Å². The summed E-state index contributed by atoms with van der Waals surface area (Å²) in [5, 5.41) is 28.0. The molecule has 0 spiro atoms. The van der Waals surface area contributed by atoms with Gasteiger partial charge < -0.3 is 9.84 Å². The second kappa shape index (κ2) is 10.3. The lowest BCUT2D eigenvalue weighted by molar-refractivity contribution is 0.340. The summed E-state index contributed by atoms with van der Waals surface area (Å²) in [6.45, 7) is 6.51. The topological polar surface area (TPSA) is 100.0 Å². The van der Waals surface area contributed by atoms with Crippen molar-refractivity contribution < 1.29 is 9.84 Å². The maximum absolute atomic E-state index is 12.8. The van der Waals surface area contributed by atoms with Crippen LogP contribution in [0, 0.1) is 18.3 Å². The molecule has 0 aliphatic rings. The first kappa shape index (κ1) is 21.2. The van der Waals surface area contributed by atoms with Gasteiger partial charge in [-0.2, -0.15) is 10.4 Å². The van der Waals surface area contributed by atoms with Gasteiger partial charge in [-0.15, -0.1) is 5.11 Å². The quantitative estimate of drug-likeness (QED) is 0.480. The predicted octanol–water partition coefficient (Wildman–Crippen LogP) is 5.13. The second-order valence-electron chi connectivity index (χ2n) is 6.43. The van der Waals surface area contributed by atoms with Crippen molar-refractivity contribution in [2.45, 2.75) is 53.0 Å². The first-order chi connectivity index (χ1) is 13.5. The second-order valence-corrected chi connectivity index (χ2v) is 6.43. The van der Waals surface area contributed by atoms with Crippen molar-refractivity contribution in [1.82, 2.24) is 4.57 Å². The van der Waals surface area contributed by atoms with Crippen molar-refractivity contribution in [1.29, 1.82) is 5.26 Å². The largest absolute Gasteiger partial charge is 0.494 e. The Morgan fingerprint density at radius 1 is 1.14 bits per heavy atom. The number of hydrogen-bond donors (Lipinski definition) is 1. The van der Waals surface area contributed by atoms with Gasteiger partial charge in [0, 0.05) is 12.1 Å². The highest BCUT2D eigenvalue weighted by Crippen LogP contribution is 2.27. The summed E-state index contributed by atoms with van der Waals surface area (Å²) in [6, 6.07) is 8.98. The molecular weight excluding hydrogens is 356 g/mol. The van der Waals surface area contributed by atoms with Crippen LogP contribution >= 0.6 is 0 Å². The lowest BCUT2D eigenvalue weighted by atomic mass is 10.1. The van der Waals surface area contributed by atoms with E-state index in [0.717, 1.165) is 31.4 Å². The molecule has 1 N–H and O–H groups in total. The van der Waals surface area contributed by atoms with Crippen molar-refractivity contribution in [2.24, 2.45) is 10.2 Å². The molecule has 148 valence electrons. The molecule has 0 saturated heterocycles. The number of aromatic nitrogens is 1. The molecule has 1 aromatic carbocycles. The Morgan fingerprint density at radius 3 is 2.46 bits per heavy atom.